The van der Waals surface area contributed by atoms with Gasteiger partial charge in [0.05, 0.1) is 0 Å². The molecule has 1 nitrogen and oxygen atoms in total. The first kappa shape index (κ1) is 11.6. The van der Waals surface area contributed by atoms with Crippen LogP contribution in [0.2, 0.25) is 0 Å². The zero-order valence-corrected chi connectivity index (χ0v) is 9.78. The van der Waals surface area contributed by atoms with Crippen LogP contribution in [0.4, 0.5) is 10.1 Å². The van der Waals surface area contributed by atoms with E-state index in [-0.39, 0.29) is 11.9 Å². The van der Waals surface area contributed by atoms with Crippen molar-refractivity contribution in [3.05, 3.63) is 72.4 Å². The highest BCUT2D eigenvalue weighted by molar-refractivity contribution is 5.47. The van der Waals surface area contributed by atoms with E-state index in [0.717, 1.165) is 16.8 Å². The van der Waals surface area contributed by atoms with Gasteiger partial charge in [0.2, 0.25) is 0 Å². The van der Waals surface area contributed by atoms with Crippen LogP contribution in [0, 0.1) is 12.7 Å². The molecule has 2 aromatic carbocycles. The zero-order chi connectivity index (χ0) is 12.3. The van der Waals surface area contributed by atoms with E-state index in [2.05, 4.69) is 12.2 Å². The predicted octanol–water partition coefficient (Wildman–Crippen LogP) is 4.18. The van der Waals surface area contributed by atoms with Crippen molar-refractivity contribution in [1.29, 1.82) is 0 Å². The Morgan fingerprint density at radius 3 is 2.47 bits per heavy atom. The molecule has 0 saturated heterocycles. The fourth-order valence-electron chi connectivity index (χ4n) is 1.71. The molecule has 0 aliphatic heterocycles. The van der Waals surface area contributed by atoms with Gasteiger partial charge < -0.3 is 5.32 Å². The molecule has 1 atom stereocenters. The van der Waals surface area contributed by atoms with Crippen LogP contribution in [0.25, 0.3) is 0 Å². The van der Waals surface area contributed by atoms with Crippen molar-refractivity contribution < 1.29 is 4.39 Å². The van der Waals surface area contributed by atoms with E-state index in [1.807, 2.05) is 37.3 Å². The van der Waals surface area contributed by atoms with Crippen LogP contribution >= 0.6 is 0 Å². The molecular formula is C15H15FN. The molecule has 0 bridgehead atoms. The van der Waals surface area contributed by atoms with Gasteiger partial charge in [0.25, 0.3) is 0 Å². The lowest BCUT2D eigenvalue weighted by Gasteiger charge is -2.15. The quantitative estimate of drug-likeness (QED) is 0.831. The molecule has 0 aliphatic carbocycles. The average Bonchev–Trinajstić information content (AvgIpc) is 2.32. The molecule has 0 aliphatic rings. The summed E-state index contributed by atoms with van der Waals surface area (Å²) < 4.78 is 13.1. The van der Waals surface area contributed by atoms with E-state index in [1.54, 1.807) is 12.1 Å². The summed E-state index contributed by atoms with van der Waals surface area (Å²) in [6.07, 6.45) is 0. The van der Waals surface area contributed by atoms with Gasteiger partial charge in [0, 0.05) is 11.7 Å². The highest BCUT2D eigenvalue weighted by Gasteiger charge is 2.05. The van der Waals surface area contributed by atoms with Gasteiger partial charge in [0.15, 0.2) is 0 Å². The number of anilines is 1. The van der Waals surface area contributed by atoms with Crippen LogP contribution < -0.4 is 5.32 Å². The van der Waals surface area contributed by atoms with Gasteiger partial charge in [0.1, 0.15) is 5.82 Å². The van der Waals surface area contributed by atoms with E-state index in [1.165, 1.54) is 6.07 Å². The third-order valence-corrected chi connectivity index (χ3v) is 2.69. The Balaban J connectivity index is 2.11. The van der Waals surface area contributed by atoms with Crippen LogP contribution in [0.3, 0.4) is 0 Å². The molecule has 1 radical (unpaired) electrons. The summed E-state index contributed by atoms with van der Waals surface area (Å²) in [6, 6.07) is 14.5. The number of rotatable bonds is 3. The van der Waals surface area contributed by atoms with Crippen LogP contribution in [0.15, 0.2) is 48.5 Å². The second-order valence-electron chi connectivity index (χ2n) is 4.12. The molecule has 1 unspecified atom stereocenters. The van der Waals surface area contributed by atoms with Crippen LogP contribution in [-0.4, -0.2) is 0 Å². The Morgan fingerprint density at radius 1 is 1.12 bits per heavy atom. The average molecular weight is 228 g/mol. The van der Waals surface area contributed by atoms with Crippen LogP contribution in [0.1, 0.15) is 24.1 Å². The maximum Gasteiger partial charge on any atom is 0.123 e. The molecule has 2 heteroatoms. The summed E-state index contributed by atoms with van der Waals surface area (Å²) in [5.74, 6) is -0.204. The zero-order valence-electron chi connectivity index (χ0n) is 9.78. The molecule has 2 aromatic rings. The molecule has 87 valence electrons. The Labute approximate surface area is 101 Å². The molecule has 0 aromatic heterocycles. The number of hydrogen-bond acceptors (Lipinski definition) is 1. The number of nitrogens with one attached hydrogen (secondary N) is 1. The van der Waals surface area contributed by atoms with Gasteiger partial charge in [-0.1, -0.05) is 24.3 Å². The van der Waals surface area contributed by atoms with Crippen LogP contribution in [0.5, 0.6) is 0 Å². The van der Waals surface area contributed by atoms with Crippen molar-refractivity contribution in [3.63, 3.8) is 0 Å². The summed E-state index contributed by atoms with van der Waals surface area (Å²) in [7, 11) is 0. The molecule has 17 heavy (non-hydrogen) atoms. The second-order valence-corrected chi connectivity index (χ2v) is 4.12. The molecule has 1 N–H and O–H groups in total. The summed E-state index contributed by atoms with van der Waals surface area (Å²) in [4.78, 5) is 0. The van der Waals surface area contributed by atoms with E-state index in [9.17, 15) is 4.39 Å². The summed E-state index contributed by atoms with van der Waals surface area (Å²) >= 11 is 0. The Bertz CT molecular complexity index is 491. The van der Waals surface area contributed by atoms with Crippen molar-refractivity contribution >= 4 is 5.69 Å². The summed E-state index contributed by atoms with van der Waals surface area (Å²) in [6.45, 7) is 5.84. The first-order chi connectivity index (χ1) is 8.15. The standard InChI is InChI=1S/C15H15FN/c1-11-6-8-15(9-7-11)17-12(2)13-4-3-5-14(16)10-13/h3-10,12,17H,1H2,2H3. The summed E-state index contributed by atoms with van der Waals surface area (Å²) in [5, 5.41) is 3.32. The van der Waals surface area contributed by atoms with Gasteiger partial charge in [-0.2, -0.15) is 0 Å². The minimum atomic E-state index is -0.204. The lowest BCUT2D eigenvalue weighted by molar-refractivity contribution is 0.623. The fourth-order valence-corrected chi connectivity index (χ4v) is 1.71. The molecular weight excluding hydrogens is 213 g/mol. The van der Waals surface area contributed by atoms with Crippen molar-refractivity contribution in [2.75, 3.05) is 5.32 Å². The topological polar surface area (TPSA) is 12.0 Å². The van der Waals surface area contributed by atoms with Gasteiger partial charge in [-0.05, 0) is 49.2 Å². The lowest BCUT2D eigenvalue weighted by atomic mass is 10.1. The molecule has 0 heterocycles. The molecule has 2 rings (SSSR count). The molecule has 0 fully saturated rings. The molecule has 0 spiro atoms. The minimum absolute atomic E-state index is 0.0707. The second kappa shape index (κ2) is 5.00. The van der Waals surface area contributed by atoms with Crippen LogP contribution in [-0.2, 0) is 0 Å². The maximum atomic E-state index is 13.1. The van der Waals surface area contributed by atoms with Crippen molar-refractivity contribution in [2.24, 2.45) is 0 Å². The Morgan fingerprint density at radius 2 is 1.82 bits per heavy atom. The lowest BCUT2D eigenvalue weighted by Crippen LogP contribution is -2.06. The van der Waals surface area contributed by atoms with E-state index < -0.39 is 0 Å². The third kappa shape index (κ3) is 3.06. The molecule has 0 amide bonds. The maximum absolute atomic E-state index is 13.1. The van der Waals surface area contributed by atoms with Gasteiger partial charge in [-0.15, -0.1) is 0 Å². The minimum Gasteiger partial charge on any atom is -0.379 e. The first-order valence-corrected chi connectivity index (χ1v) is 5.59. The normalized spacial score (nSPS) is 12.2. The monoisotopic (exact) mass is 228 g/mol. The van der Waals surface area contributed by atoms with E-state index >= 15 is 0 Å². The number of hydrogen-bond donors (Lipinski definition) is 1. The SMILES string of the molecule is [CH2]c1ccc(NC(C)c2cccc(F)c2)cc1. The highest BCUT2D eigenvalue weighted by Crippen LogP contribution is 2.19. The largest absolute Gasteiger partial charge is 0.379 e. The van der Waals surface area contributed by atoms with E-state index in [0.29, 0.717) is 0 Å². The fraction of sp³-hybridized carbons (Fsp3) is 0.133. The van der Waals surface area contributed by atoms with Crippen molar-refractivity contribution in [2.45, 2.75) is 13.0 Å². The van der Waals surface area contributed by atoms with Gasteiger partial charge >= 0.3 is 0 Å². The summed E-state index contributed by atoms with van der Waals surface area (Å²) in [5.41, 5.74) is 2.92. The predicted molar refractivity (Wildman–Crippen MR) is 69.3 cm³/mol. The highest BCUT2D eigenvalue weighted by atomic mass is 19.1. The number of benzene rings is 2. The molecule has 0 saturated carbocycles. The first-order valence-electron chi connectivity index (χ1n) is 5.59. The van der Waals surface area contributed by atoms with Gasteiger partial charge in [-0.25, -0.2) is 4.39 Å². The number of halogens is 1. The van der Waals surface area contributed by atoms with E-state index in [4.69, 9.17) is 0 Å². The van der Waals surface area contributed by atoms with Crippen molar-refractivity contribution in [3.8, 4) is 0 Å². The Hall–Kier alpha value is -1.83. The smallest absolute Gasteiger partial charge is 0.123 e. The Kier molecular flexibility index (Phi) is 3.43. The third-order valence-electron chi connectivity index (χ3n) is 2.69. The van der Waals surface area contributed by atoms with Crippen molar-refractivity contribution in [1.82, 2.24) is 0 Å². The van der Waals surface area contributed by atoms with Gasteiger partial charge in [-0.3, -0.25) is 0 Å².